The lowest BCUT2D eigenvalue weighted by molar-refractivity contribution is 0.667. The molecule has 0 aliphatic carbocycles. The van der Waals surface area contributed by atoms with Crippen LogP contribution < -0.4 is 0 Å². The summed E-state index contributed by atoms with van der Waals surface area (Å²) in [5.41, 5.74) is 8.79. The summed E-state index contributed by atoms with van der Waals surface area (Å²) in [7, 11) is 0. The van der Waals surface area contributed by atoms with E-state index >= 15 is 0 Å². The van der Waals surface area contributed by atoms with Crippen LogP contribution in [0.15, 0.2) is 191 Å². The SMILES string of the molecule is c1ccc(-c2nc(-c3cc(-n4c5ccccc5c5cc6ccccc6cc54)c4oc5cc6ccccc6cc5c4c3)nc(-c3cccc4c3oc3ccccc34)n2)cc1. The molecule has 9 aromatic carbocycles. The Bertz CT molecular complexity index is 3860. The monoisotopic (exact) mass is 754 g/mol. The van der Waals surface area contributed by atoms with Gasteiger partial charge in [0.2, 0.25) is 0 Å². The van der Waals surface area contributed by atoms with E-state index in [4.69, 9.17) is 23.8 Å². The van der Waals surface area contributed by atoms with Crippen LogP contribution in [0.25, 0.3) is 127 Å². The fraction of sp³-hybridized carbons (Fsp3) is 0. The predicted molar refractivity (Wildman–Crippen MR) is 240 cm³/mol. The minimum Gasteiger partial charge on any atom is -0.455 e. The van der Waals surface area contributed by atoms with Gasteiger partial charge in [0.15, 0.2) is 23.1 Å². The first-order valence-corrected chi connectivity index (χ1v) is 19.8. The van der Waals surface area contributed by atoms with E-state index in [-0.39, 0.29) is 0 Å². The Labute approximate surface area is 336 Å². The molecule has 4 heterocycles. The summed E-state index contributed by atoms with van der Waals surface area (Å²) < 4.78 is 15.8. The average Bonchev–Trinajstić information content (AvgIpc) is 3.96. The molecular formula is C53H30N4O2. The number of nitrogens with zero attached hydrogens (tertiary/aromatic N) is 4. The van der Waals surface area contributed by atoms with Crippen LogP contribution in [0, 0.1) is 0 Å². The third-order valence-corrected chi connectivity index (χ3v) is 11.8. The summed E-state index contributed by atoms with van der Waals surface area (Å²) in [6.45, 7) is 0. The lowest BCUT2D eigenvalue weighted by Crippen LogP contribution is -2.01. The third kappa shape index (κ3) is 4.84. The Hall–Kier alpha value is -8.09. The van der Waals surface area contributed by atoms with Gasteiger partial charge < -0.3 is 13.4 Å². The van der Waals surface area contributed by atoms with Crippen LogP contribution in [0.2, 0.25) is 0 Å². The highest BCUT2D eigenvalue weighted by Crippen LogP contribution is 2.43. The number of para-hydroxylation sites is 3. The highest BCUT2D eigenvalue weighted by molar-refractivity contribution is 6.17. The van der Waals surface area contributed by atoms with Crippen molar-refractivity contribution in [2.75, 3.05) is 0 Å². The van der Waals surface area contributed by atoms with Crippen molar-refractivity contribution in [1.82, 2.24) is 19.5 Å². The van der Waals surface area contributed by atoms with Gasteiger partial charge in [-0.3, -0.25) is 0 Å². The van der Waals surface area contributed by atoms with Crippen LogP contribution in [0.3, 0.4) is 0 Å². The number of aromatic nitrogens is 4. The molecule has 0 N–H and O–H groups in total. The minimum atomic E-state index is 0.534. The summed E-state index contributed by atoms with van der Waals surface area (Å²) in [6.07, 6.45) is 0. The minimum absolute atomic E-state index is 0.534. The topological polar surface area (TPSA) is 69.9 Å². The van der Waals surface area contributed by atoms with E-state index in [9.17, 15) is 0 Å². The Morgan fingerprint density at radius 2 is 0.949 bits per heavy atom. The van der Waals surface area contributed by atoms with Gasteiger partial charge in [0, 0.05) is 43.4 Å². The molecule has 6 nitrogen and oxygen atoms in total. The number of hydrogen-bond donors (Lipinski definition) is 0. The second-order valence-electron chi connectivity index (χ2n) is 15.2. The molecule has 0 radical (unpaired) electrons. The molecule has 59 heavy (non-hydrogen) atoms. The van der Waals surface area contributed by atoms with Crippen molar-refractivity contribution in [1.29, 1.82) is 0 Å². The first-order valence-electron chi connectivity index (χ1n) is 19.8. The van der Waals surface area contributed by atoms with E-state index in [0.29, 0.717) is 17.5 Å². The van der Waals surface area contributed by atoms with E-state index < -0.39 is 0 Å². The van der Waals surface area contributed by atoms with Gasteiger partial charge in [-0.15, -0.1) is 0 Å². The molecule has 0 saturated carbocycles. The van der Waals surface area contributed by atoms with Crippen molar-refractivity contribution < 1.29 is 8.83 Å². The van der Waals surface area contributed by atoms with Crippen LogP contribution in [0.5, 0.6) is 0 Å². The predicted octanol–water partition coefficient (Wildman–Crippen LogP) is 14.1. The maximum absolute atomic E-state index is 6.97. The molecule has 13 aromatic rings. The van der Waals surface area contributed by atoms with E-state index in [1.54, 1.807) is 0 Å². The maximum Gasteiger partial charge on any atom is 0.167 e. The van der Waals surface area contributed by atoms with Gasteiger partial charge in [-0.1, -0.05) is 127 Å². The van der Waals surface area contributed by atoms with E-state index in [1.165, 1.54) is 21.5 Å². The molecule has 4 aromatic heterocycles. The number of furan rings is 2. The first kappa shape index (κ1) is 32.0. The number of fused-ring (bicyclic) bond motifs is 11. The van der Waals surface area contributed by atoms with Crippen LogP contribution >= 0.6 is 0 Å². The van der Waals surface area contributed by atoms with E-state index in [2.05, 4.69) is 126 Å². The molecule has 0 fully saturated rings. The second kappa shape index (κ2) is 12.2. The zero-order valence-corrected chi connectivity index (χ0v) is 31.4. The third-order valence-electron chi connectivity index (χ3n) is 11.8. The molecule has 13 rings (SSSR count). The molecule has 0 amide bonds. The lowest BCUT2D eigenvalue weighted by Gasteiger charge is -2.13. The van der Waals surface area contributed by atoms with E-state index in [1.807, 2.05) is 60.7 Å². The van der Waals surface area contributed by atoms with Crippen LogP contribution in [-0.4, -0.2) is 19.5 Å². The van der Waals surface area contributed by atoms with Gasteiger partial charge in [-0.2, -0.15) is 0 Å². The quantitative estimate of drug-likeness (QED) is 0.179. The Morgan fingerprint density at radius 1 is 0.339 bits per heavy atom. The van der Waals surface area contributed by atoms with Gasteiger partial charge >= 0.3 is 0 Å². The molecule has 6 heteroatoms. The van der Waals surface area contributed by atoms with E-state index in [0.717, 1.165) is 88.1 Å². The molecule has 0 aliphatic rings. The first-order chi connectivity index (χ1) is 29.2. The fourth-order valence-electron chi connectivity index (χ4n) is 9.02. The maximum atomic E-state index is 6.97. The molecule has 0 unspecified atom stereocenters. The zero-order chi connectivity index (χ0) is 38.6. The van der Waals surface area contributed by atoms with Crippen molar-refractivity contribution in [3.8, 4) is 39.9 Å². The number of hydrogen-bond acceptors (Lipinski definition) is 5. The van der Waals surface area contributed by atoms with Gasteiger partial charge in [-0.05, 0) is 76.1 Å². The lowest BCUT2D eigenvalue weighted by atomic mass is 10.0. The standard InChI is InChI=1S/C53H30N4O2/c1-2-13-31(14-3-1)51-54-52(56-53(55-51)40-22-12-21-39-38-20-9-11-24-47(38)58-49(39)40)36-27-43-42-26-33-16-5-7-18-35(33)30-48(42)59-50(43)46(29-36)57-44-23-10-8-19-37(44)41-25-32-15-4-6-17-34(32)28-45(41)57/h1-30H. The molecular weight excluding hydrogens is 725 g/mol. The highest BCUT2D eigenvalue weighted by Gasteiger charge is 2.23. The van der Waals surface area contributed by atoms with Crippen molar-refractivity contribution in [3.05, 3.63) is 182 Å². The normalized spacial score (nSPS) is 12.1. The molecule has 0 saturated heterocycles. The summed E-state index contributed by atoms with van der Waals surface area (Å²) >= 11 is 0. The van der Waals surface area contributed by atoms with Crippen molar-refractivity contribution >= 4 is 87.2 Å². The average molecular weight is 755 g/mol. The van der Waals surface area contributed by atoms with Crippen LogP contribution in [0.1, 0.15) is 0 Å². The van der Waals surface area contributed by atoms with Gasteiger partial charge in [0.25, 0.3) is 0 Å². The Kier molecular flexibility index (Phi) is 6.63. The zero-order valence-electron chi connectivity index (χ0n) is 31.4. The Balaban J connectivity index is 1.15. The molecule has 0 aliphatic heterocycles. The van der Waals surface area contributed by atoms with Gasteiger partial charge in [-0.25, -0.2) is 15.0 Å². The smallest absolute Gasteiger partial charge is 0.167 e. The Morgan fingerprint density at radius 3 is 1.76 bits per heavy atom. The largest absolute Gasteiger partial charge is 0.455 e. The molecule has 0 atom stereocenters. The summed E-state index contributed by atoms with van der Waals surface area (Å²) in [6, 6.07) is 63.3. The van der Waals surface area contributed by atoms with Crippen LogP contribution in [-0.2, 0) is 0 Å². The fourth-order valence-corrected chi connectivity index (χ4v) is 9.02. The molecule has 0 bridgehead atoms. The summed E-state index contributed by atoms with van der Waals surface area (Å²) in [5.74, 6) is 1.66. The van der Waals surface area contributed by atoms with Crippen molar-refractivity contribution in [3.63, 3.8) is 0 Å². The van der Waals surface area contributed by atoms with Crippen molar-refractivity contribution in [2.45, 2.75) is 0 Å². The molecule has 0 spiro atoms. The summed E-state index contributed by atoms with van der Waals surface area (Å²) in [4.78, 5) is 15.7. The van der Waals surface area contributed by atoms with Crippen LogP contribution in [0.4, 0.5) is 0 Å². The number of rotatable bonds is 4. The number of benzene rings is 9. The summed E-state index contributed by atoms with van der Waals surface area (Å²) in [5, 5.41) is 11.0. The highest BCUT2D eigenvalue weighted by atomic mass is 16.3. The second-order valence-corrected chi connectivity index (χ2v) is 15.2. The van der Waals surface area contributed by atoms with Gasteiger partial charge in [0.05, 0.1) is 22.3 Å². The van der Waals surface area contributed by atoms with Crippen molar-refractivity contribution in [2.24, 2.45) is 0 Å². The van der Waals surface area contributed by atoms with Gasteiger partial charge in [0.1, 0.15) is 16.7 Å². The molecule has 274 valence electrons.